The first-order chi connectivity index (χ1) is 10.6. The summed E-state index contributed by atoms with van der Waals surface area (Å²) >= 11 is 1.75. The smallest absolute Gasteiger partial charge is 0.242 e. The summed E-state index contributed by atoms with van der Waals surface area (Å²) in [5, 5.41) is 6.29. The standard InChI is InChI=1S/C13H23N5O2S2/c1-3-15-13(17-9-10-21-2)16-7-8-18-22(19,20)12-5-4-6-14-11-12/h4-6,11,18H,3,7-10H2,1-2H3,(H2,15,16,17). The third kappa shape index (κ3) is 7.10. The second-order valence-corrected chi connectivity index (χ2v) is 7.02. The number of nitrogens with one attached hydrogen (secondary N) is 3. The van der Waals surface area contributed by atoms with E-state index in [2.05, 4.69) is 25.3 Å². The van der Waals surface area contributed by atoms with Crippen LogP contribution >= 0.6 is 11.8 Å². The molecule has 22 heavy (non-hydrogen) atoms. The molecule has 3 N–H and O–H groups in total. The predicted molar refractivity (Wildman–Crippen MR) is 91.8 cm³/mol. The van der Waals surface area contributed by atoms with Crippen LogP contribution in [0, 0.1) is 0 Å². The van der Waals surface area contributed by atoms with Gasteiger partial charge in [-0.3, -0.25) is 9.98 Å². The van der Waals surface area contributed by atoms with Crippen LogP contribution in [0.2, 0.25) is 0 Å². The molecule has 0 amide bonds. The van der Waals surface area contributed by atoms with E-state index in [1.54, 1.807) is 17.8 Å². The van der Waals surface area contributed by atoms with Crippen molar-refractivity contribution in [2.45, 2.75) is 11.8 Å². The largest absolute Gasteiger partial charge is 0.357 e. The zero-order chi connectivity index (χ0) is 16.3. The van der Waals surface area contributed by atoms with Crippen LogP contribution in [0.5, 0.6) is 0 Å². The molecule has 1 rings (SSSR count). The molecule has 0 aliphatic heterocycles. The third-order valence-corrected chi connectivity index (χ3v) is 4.62. The Morgan fingerprint density at radius 2 is 2.18 bits per heavy atom. The van der Waals surface area contributed by atoms with E-state index in [1.165, 1.54) is 18.5 Å². The van der Waals surface area contributed by atoms with Crippen LogP contribution in [0.15, 0.2) is 34.4 Å². The Kier molecular flexibility index (Phi) is 8.86. The summed E-state index contributed by atoms with van der Waals surface area (Å²) in [6.45, 7) is 4.14. The van der Waals surface area contributed by atoms with E-state index in [-0.39, 0.29) is 11.4 Å². The first kappa shape index (κ1) is 18.7. The first-order valence-electron chi connectivity index (χ1n) is 7.01. The Bertz CT molecular complexity index is 549. The molecule has 0 fully saturated rings. The third-order valence-electron chi connectivity index (χ3n) is 2.56. The van der Waals surface area contributed by atoms with Gasteiger partial charge in [0.05, 0.1) is 6.54 Å². The van der Waals surface area contributed by atoms with Crippen molar-refractivity contribution in [1.29, 1.82) is 0 Å². The molecule has 7 nitrogen and oxygen atoms in total. The lowest BCUT2D eigenvalue weighted by Gasteiger charge is -2.10. The molecular formula is C13H23N5O2S2. The number of sulfonamides is 1. The maximum Gasteiger partial charge on any atom is 0.242 e. The van der Waals surface area contributed by atoms with Crippen LogP contribution in [-0.2, 0) is 10.0 Å². The summed E-state index contributed by atoms with van der Waals surface area (Å²) in [7, 11) is -3.52. The van der Waals surface area contributed by atoms with E-state index in [0.717, 1.165) is 18.8 Å². The van der Waals surface area contributed by atoms with E-state index in [0.29, 0.717) is 12.5 Å². The first-order valence-corrected chi connectivity index (χ1v) is 9.88. The van der Waals surface area contributed by atoms with E-state index in [9.17, 15) is 8.42 Å². The van der Waals surface area contributed by atoms with Gasteiger partial charge >= 0.3 is 0 Å². The molecule has 1 aromatic rings. The van der Waals surface area contributed by atoms with Crippen molar-refractivity contribution in [3.05, 3.63) is 24.5 Å². The highest BCUT2D eigenvalue weighted by Crippen LogP contribution is 2.04. The van der Waals surface area contributed by atoms with Crippen molar-refractivity contribution in [1.82, 2.24) is 20.3 Å². The highest BCUT2D eigenvalue weighted by Gasteiger charge is 2.12. The van der Waals surface area contributed by atoms with Crippen molar-refractivity contribution >= 4 is 27.7 Å². The van der Waals surface area contributed by atoms with Gasteiger partial charge in [-0.2, -0.15) is 11.8 Å². The molecule has 0 aromatic carbocycles. The summed E-state index contributed by atoms with van der Waals surface area (Å²) in [4.78, 5) is 8.29. The van der Waals surface area contributed by atoms with Gasteiger partial charge in [-0.15, -0.1) is 0 Å². The number of nitrogens with zero attached hydrogens (tertiary/aromatic N) is 2. The summed E-state index contributed by atoms with van der Waals surface area (Å²) in [5.41, 5.74) is 0. The highest BCUT2D eigenvalue weighted by atomic mass is 32.2. The number of hydrogen-bond acceptors (Lipinski definition) is 5. The van der Waals surface area contributed by atoms with Gasteiger partial charge in [0, 0.05) is 37.8 Å². The van der Waals surface area contributed by atoms with Crippen LogP contribution < -0.4 is 15.4 Å². The summed E-state index contributed by atoms with van der Waals surface area (Å²) in [6.07, 6.45) is 4.89. The van der Waals surface area contributed by atoms with Gasteiger partial charge in [-0.05, 0) is 25.3 Å². The quantitative estimate of drug-likeness (QED) is 0.338. The van der Waals surface area contributed by atoms with Gasteiger partial charge in [0.2, 0.25) is 10.0 Å². The Labute approximate surface area is 136 Å². The number of rotatable bonds is 9. The summed E-state index contributed by atoms with van der Waals surface area (Å²) in [5.74, 6) is 1.68. The van der Waals surface area contributed by atoms with Crippen LogP contribution in [0.1, 0.15) is 6.92 Å². The molecule has 0 spiro atoms. The number of aliphatic imine (C=N–C) groups is 1. The molecule has 9 heteroatoms. The second kappa shape index (κ2) is 10.4. The van der Waals surface area contributed by atoms with Crippen molar-refractivity contribution in [3.63, 3.8) is 0 Å². The maximum absolute atomic E-state index is 12.0. The minimum atomic E-state index is -3.52. The lowest BCUT2D eigenvalue weighted by Crippen LogP contribution is -2.39. The maximum atomic E-state index is 12.0. The zero-order valence-corrected chi connectivity index (χ0v) is 14.5. The molecule has 0 aliphatic carbocycles. The lowest BCUT2D eigenvalue weighted by atomic mass is 10.5. The zero-order valence-electron chi connectivity index (χ0n) is 12.9. The monoisotopic (exact) mass is 345 g/mol. The predicted octanol–water partition coefficient (Wildman–Crippen LogP) is 0.278. The Morgan fingerprint density at radius 3 is 2.82 bits per heavy atom. The molecule has 0 saturated carbocycles. The number of thioether (sulfide) groups is 1. The van der Waals surface area contributed by atoms with Gasteiger partial charge in [0.15, 0.2) is 5.96 Å². The number of aromatic nitrogens is 1. The number of guanidine groups is 1. The minimum absolute atomic E-state index is 0.156. The fourth-order valence-corrected chi connectivity index (χ4v) is 2.84. The van der Waals surface area contributed by atoms with Crippen LogP contribution in [-0.4, -0.2) is 57.5 Å². The van der Waals surface area contributed by atoms with E-state index in [1.807, 2.05) is 13.2 Å². The highest BCUT2D eigenvalue weighted by molar-refractivity contribution is 7.98. The van der Waals surface area contributed by atoms with E-state index >= 15 is 0 Å². The lowest BCUT2D eigenvalue weighted by molar-refractivity contribution is 0.581. The minimum Gasteiger partial charge on any atom is -0.357 e. The molecule has 1 heterocycles. The van der Waals surface area contributed by atoms with Gasteiger partial charge in [-0.1, -0.05) is 0 Å². The molecule has 0 saturated heterocycles. The SMILES string of the molecule is CCNC(=NCCNS(=O)(=O)c1cccnc1)NCCSC. The van der Waals surface area contributed by atoms with Crippen LogP contribution in [0.3, 0.4) is 0 Å². The molecule has 0 aliphatic rings. The van der Waals surface area contributed by atoms with Crippen molar-refractivity contribution in [3.8, 4) is 0 Å². The second-order valence-electron chi connectivity index (χ2n) is 4.27. The van der Waals surface area contributed by atoms with Gasteiger partial charge in [0.1, 0.15) is 4.90 Å². The molecule has 124 valence electrons. The molecule has 0 unspecified atom stereocenters. The number of hydrogen-bond donors (Lipinski definition) is 3. The topological polar surface area (TPSA) is 95.5 Å². The van der Waals surface area contributed by atoms with Gasteiger partial charge in [0.25, 0.3) is 0 Å². The fraction of sp³-hybridized carbons (Fsp3) is 0.538. The van der Waals surface area contributed by atoms with Crippen molar-refractivity contribution < 1.29 is 8.42 Å². The Balaban J connectivity index is 2.45. The van der Waals surface area contributed by atoms with E-state index in [4.69, 9.17) is 0 Å². The van der Waals surface area contributed by atoms with Crippen LogP contribution in [0.4, 0.5) is 0 Å². The Hall–Kier alpha value is -1.32. The summed E-state index contributed by atoms with van der Waals surface area (Å²) < 4.78 is 26.5. The van der Waals surface area contributed by atoms with Crippen molar-refractivity contribution in [2.75, 3.05) is 38.2 Å². The van der Waals surface area contributed by atoms with Gasteiger partial charge in [-0.25, -0.2) is 13.1 Å². The number of pyridine rings is 1. The van der Waals surface area contributed by atoms with Crippen LogP contribution in [0.25, 0.3) is 0 Å². The molecule has 0 radical (unpaired) electrons. The summed E-state index contributed by atoms with van der Waals surface area (Å²) in [6, 6.07) is 3.10. The van der Waals surface area contributed by atoms with Gasteiger partial charge < -0.3 is 10.6 Å². The normalized spacial score (nSPS) is 12.2. The molecule has 1 aromatic heterocycles. The average molecular weight is 345 g/mol. The Morgan fingerprint density at radius 1 is 1.36 bits per heavy atom. The molecule has 0 atom stereocenters. The van der Waals surface area contributed by atoms with Crippen molar-refractivity contribution in [2.24, 2.45) is 4.99 Å². The molecule has 0 bridgehead atoms. The van der Waals surface area contributed by atoms with E-state index < -0.39 is 10.0 Å². The fourth-order valence-electron chi connectivity index (χ4n) is 1.55. The average Bonchev–Trinajstić information content (AvgIpc) is 2.52. The molecular weight excluding hydrogens is 322 g/mol.